The minimum absolute atomic E-state index is 0.278. The van der Waals surface area contributed by atoms with E-state index in [1.165, 1.54) is 11.9 Å². The smallest absolute Gasteiger partial charge is 0.274 e. The molecule has 0 radical (unpaired) electrons. The molecule has 7 nitrogen and oxygen atoms in total. The van der Waals surface area contributed by atoms with Gasteiger partial charge in [-0.1, -0.05) is 30.3 Å². The van der Waals surface area contributed by atoms with Gasteiger partial charge in [-0.15, -0.1) is 0 Å². The van der Waals surface area contributed by atoms with Gasteiger partial charge in [0.15, 0.2) is 11.5 Å². The molecule has 0 bridgehead atoms. The number of ether oxygens (including phenoxy) is 2. The maximum absolute atomic E-state index is 12.5. The molecule has 0 saturated carbocycles. The molecule has 1 amide bonds. The van der Waals surface area contributed by atoms with Gasteiger partial charge in [0.25, 0.3) is 5.91 Å². The van der Waals surface area contributed by atoms with E-state index in [9.17, 15) is 4.79 Å². The zero-order valence-electron chi connectivity index (χ0n) is 16.5. The standard InChI is InChI=1S/C22H24N4O3/c1-28-19-11-10-17(13-20(19)29-2)26-22(27)18-14-21(25-15-24-18)23-12-6-9-16-7-4-3-5-8-16/h3-5,7-8,10-11,13-15H,6,9,12H2,1-2H3,(H,26,27)(H,23,24,25). The molecule has 3 rings (SSSR count). The van der Waals surface area contributed by atoms with E-state index in [2.05, 4.69) is 32.7 Å². The lowest BCUT2D eigenvalue weighted by Gasteiger charge is -2.11. The van der Waals surface area contributed by atoms with Crippen LogP contribution in [0.25, 0.3) is 0 Å². The highest BCUT2D eigenvalue weighted by Crippen LogP contribution is 2.29. The van der Waals surface area contributed by atoms with Gasteiger partial charge in [-0.3, -0.25) is 4.79 Å². The van der Waals surface area contributed by atoms with E-state index in [1.807, 2.05) is 18.2 Å². The first-order chi connectivity index (χ1) is 14.2. The summed E-state index contributed by atoms with van der Waals surface area (Å²) in [5.74, 6) is 1.42. The molecule has 0 aliphatic heterocycles. The van der Waals surface area contributed by atoms with E-state index < -0.39 is 0 Å². The Balaban J connectivity index is 1.56. The van der Waals surface area contributed by atoms with Gasteiger partial charge < -0.3 is 20.1 Å². The van der Waals surface area contributed by atoms with Crippen molar-refractivity contribution in [2.24, 2.45) is 0 Å². The molecule has 2 aromatic carbocycles. The molecule has 2 N–H and O–H groups in total. The third kappa shape index (κ3) is 5.68. The molecule has 0 aliphatic carbocycles. The van der Waals surface area contributed by atoms with Crippen LogP contribution in [0.3, 0.4) is 0 Å². The predicted octanol–water partition coefficient (Wildman–Crippen LogP) is 3.79. The van der Waals surface area contributed by atoms with Crippen LogP contribution >= 0.6 is 0 Å². The largest absolute Gasteiger partial charge is 0.493 e. The highest BCUT2D eigenvalue weighted by molar-refractivity contribution is 6.03. The fraction of sp³-hybridized carbons (Fsp3) is 0.227. The van der Waals surface area contributed by atoms with Crippen LogP contribution in [0, 0.1) is 0 Å². The van der Waals surface area contributed by atoms with Crippen molar-refractivity contribution in [1.82, 2.24) is 9.97 Å². The second-order valence-electron chi connectivity index (χ2n) is 6.33. The lowest BCUT2D eigenvalue weighted by molar-refractivity contribution is 0.102. The van der Waals surface area contributed by atoms with Gasteiger partial charge in [0.1, 0.15) is 17.8 Å². The van der Waals surface area contributed by atoms with Crippen molar-refractivity contribution in [3.05, 3.63) is 72.2 Å². The highest BCUT2D eigenvalue weighted by atomic mass is 16.5. The summed E-state index contributed by atoms with van der Waals surface area (Å²) in [6.07, 6.45) is 3.32. The zero-order valence-corrected chi connectivity index (χ0v) is 16.5. The van der Waals surface area contributed by atoms with Crippen molar-refractivity contribution in [2.75, 3.05) is 31.4 Å². The minimum atomic E-state index is -0.327. The molecule has 0 saturated heterocycles. The average molecular weight is 392 g/mol. The number of nitrogens with zero attached hydrogens (tertiary/aromatic N) is 2. The monoisotopic (exact) mass is 392 g/mol. The van der Waals surface area contributed by atoms with Crippen LogP contribution in [-0.2, 0) is 6.42 Å². The van der Waals surface area contributed by atoms with E-state index >= 15 is 0 Å². The van der Waals surface area contributed by atoms with E-state index in [-0.39, 0.29) is 11.6 Å². The summed E-state index contributed by atoms with van der Waals surface area (Å²) < 4.78 is 10.5. The normalized spacial score (nSPS) is 10.3. The number of carbonyl (C=O) groups excluding carboxylic acids is 1. The fourth-order valence-corrected chi connectivity index (χ4v) is 2.84. The summed E-state index contributed by atoms with van der Waals surface area (Å²) in [7, 11) is 3.11. The average Bonchev–Trinajstić information content (AvgIpc) is 2.77. The van der Waals surface area contributed by atoms with Crippen LogP contribution in [0.4, 0.5) is 11.5 Å². The number of rotatable bonds is 9. The summed E-state index contributed by atoms with van der Waals surface area (Å²) in [6.45, 7) is 0.753. The molecule has 0 atom stereocenters. The summed E-state index contributed by atoms with van der Waals surface area (Å²) in [5, 5.41) is 6.05. The number of anilines is 2. The van der Waals surface area contributed by atoms with Gasteiger partial charge in [-0.2, -0.15) is 0 Å². The molecule has 150 valence electrons. The highest BCUT2D eigenvalue weighted by Gasteiger charge is 2.11. The lowest BCUT2D eigenvalue weighted by Crippen LogP contribution is -2.15. The molecule has 0 fully saturated rings. The molecule has 1 heterocycles. The van der Waals surface area contributed by atoms with E-state index in [1.54, 1.807) is 38.5 Å². The SMILES string of the molecule is COc1ccc(NC(=O)c2cc(NCCCc3ccccc3)ncn2)cc1OC. The Morgan fingerprint density at radius 1 is 0.966 bits per heavy atom. The molecule has 3 aromatic rings. The summed E-state index contributed by atoms with van der Waals surface area (Å²) >= 11 is 0. The van der Waals surface area contributed by atoms with Crippen LogP contribution in [0.5, 0.6) is 11.5 Å². The van der Waals surface area contributed by atoms with Crippen molar-refractivity contribution < 1.29 is 14.3 Å². The maximum Gasteiger partial charge on any atom is 0.274 e. The van der Waals surface area contributed by atoms with Crippen molar-refractivity contribution in [3.8, 4) is 11.5 Å². The molecule has 0 spiro atoms. The lowest BCUT2D eigenvalue weighted by atomic mass is 10.1. The second kappa shape index (κ2) is 10.1. The van der Waals surface area contributed by atoms with Gasteiger partial charge in [0.2, 0.25) is 0 Å². The number of methoxy groups -OCH3 is 2. The Hall–Kier alpha value is -3.61. The van der Waals surface area contributed by atoms with Crippen LogP contribution in [0.15, 0.2) is 60.9 Å². The number of hydrogen-bond donors (Lipinski definition) is 2. The van der Waals surface area contributed by atoms with Gasteiger partial charge in [0, 0.05) is 24.4 Å². The number of carbonyl (C=O) groups is 1. The van der Waals surface area contributed by atoms with Crippen LogP contribution in [-0.4, -0.2) is 36.6 Å². The van der Waals surface area contributed by atoms with E-state index in [4.69, 9.17) is 9.47 Å². The number of hydrogen-bond acceptors (Lipinski definition) is 6. The zero-order chi connectivity index (χ0) is 20.5. The number of amides is 1. The van der Waals surface area contributed by atoms with Crippen LogP contribution in [0.1, 0.15) is 22.5 Å². The molecule has 0 unspecified atom stereocenters. The second-order valence-corrected chi connectivity index (χ2v) is 6.33. The molecular weight excluding hydrogens is 368 g/mol. The Bertz CT molecular complexity index is 948. The number of benzene rings is 2. The van der Waals surface area contributed by atoms with Crippen molar-refractivity contribution >= 4 is 17.4 Å². The van der Waals surface area contributed by atoms with Crippen LogP contribution in [0.2, 0.25) is 0 Å². The van der Waals surface area contributed by atoms with Crippen LogP contribution < -0.4 is 20.1 Å². The Morgan fingerprint density at radius 3 is 2.52 bits per heavy atom. The number of nitrogens with one attached hydrogen (secondary N) is 2. The quantitative estimate of drug-likeness (QED) is 0.539. The predicted molar refractivity (Wildman–Crippen MR) is 113 cm³/mol. The first-order valence-electron chi connectivity index (χ1n) is 9.33. The van der Waals surface area contributed by atoms with Gasteiger partial charge >= 0.3 is 0 Å². The number of aryl methyl sites for hydroxylation is 1. The topological polar surface area (TPSA) is 85.4 Å². The van der Waals surface area contributed by atoms with Crippen molar-refractivity contribution in [3.63, 3.8) is 0 Å². The minimum Gasteiger partial charge on any atom is -0.493 e. The van der Waals surface area contributed by atoms with Crippen molar-refractivity contribution in [2.45, 2.75) is 12.8 Å². The molecule has 0 aliphatic rings. The number of aromatic nitrogens is 2. The van der Waals surface area contributed by atoms with E-state index in [0.29, 0.717) is 23.0 Å². The summed E-state index contributed by atoms with van der Waals surface area (Å²) in [6, 6.07) is 17.1. The van der Waals surface area contributed by atoms with Gasteiger partial charge in [-0.25, -0.2) is 9.97 Å². The summed E-state index contributed by atoms with van der Waals surface area (Å²) in [4.78, 5) is 20.8. The fourth-order valence-electron chi connectivity index (χ4n) is 2.84. The first-order valence-corrected chi connectivity index (χ1v) is 9.33. The molecular formula is C22H24N4O3. The third-order valence-corrected chi connectivity index (χ3v) is 4.33. The molecule has 1 aromatic heterocycles. The van der Waals surface area contributed by atoms with Gasteiger partial charge in [0.05, 0.1) is 14.2 Å². The molecule has 7 heteroatoms. The van der Waals surface area contributed by atoms with Gasteiger partial charge in [-0.05, 0) is 30.5 Å². The first kappa shape index (κ1) is 20.1. The Labute approximate surface area is 170 Å². The third-order valence-electron chi connectivity index (χ3n) is 4.33. The summed E-state index contributed by atoms with van der Waals surface area (Å²) in [5.41, 5.74) is 2.16. The maximum atomic E-state index is 12.5. The van der Waals surface area contributed by atoms with Crippen molar-refractivity contribution in [1.29, 1.82) is 0 Å². The van der Waals surface area contributed by atoms with E-state index in [0.717, 1.165) is 19.4 Å². The Kier molecular flexibility index (Phi) is 7.00. The Morgan fingerprint density at radius 2 is 1.76 bits per heavy atom. The molecule has 29 heavy (non-hydrogen) atoms.